The number of carbonyl (C=O) groups is 1. The maximum Gasteiger partial charge on any atom is 0.259 e. The van der Waals surface area contributed by atoms with Gasteiger partial charge in [0.05, 0.1) is 17.9 Å². The molecule has 0 bridgehead atoms. The van der Waals surface area contributed by atoms with Gasteiger partial charge in [-0.05, 0) is 38.0 Å². The zero-order valence-electron chi connectivity index (χ0n) is 12.5. The molecule has 5 heteroatoms. The lowest BCUT2D eigenvalue weighted by molar-refractivity contribution is 0.0680. The molecule has 1 amide bonds. The van der Waals surface area contributed by atoms with Gasteiger partial charge in [-0.15, -0.1) is 0 Å². The highest BCUT2D eigenvalue weighted by molar-refractivity contribution is 6.04. The van der Waals surface area contributed by atoms with Crippen LogP contribution in [0.15, 0.2) is 41.0 Å². The monoisotopic (exact) mass is 301 g/mol. The van der Waals surface area contributed by atoms with Crippen molar-refractivity contribution < 1.29 is 18.7 Å². The zero-order valence-corrected chi connectivity index (χ0v) is 12.5. The highest BCUT2D eigenvalue weighted by atomic mass is 16.5. The molecule has 1 fully saturated rings. The zero-order chi connectivity index (χ0) is 15.4. The third-order valence-corrected chi connectivity index (χ3v) is 3.66. The Morgan fingerprint density at radius 1 is 1.41 bits per heavy atom. The van der Waals surface area contributed by atoms with Crippen LogP contribution in [0, 0.1) is 6.92 Å². The lowest BCUT2D eigenvalue weighted by Crippen LogP contribution is -2.16. The summed E-state index contributed by atoms with van der Waals surface area (Å²) in [7, 11) is 0. The summed E-state index contributed by atoms with van der Waals surface area (Å²) in [6, 6.07) is 9.01. The number of nitrogens with one attached hydrogen (secondary N) is 1. The summed E-state index contributed by atoms with van der Waals surface area (Å²) in [5.74, 6) is 1.13. The van der Waals surface area contributed by atoms with Crippen LogP contribution in [0.1, 0.15) is 29.0 Å². The predicted molar refractivity (Wildman–Crippen MR) is 82.3 cm³/mol. The van der Waals surface area contributed by atoms with Crippen LogP contribution in [0.3, 0.4) is 0 Å². The molecule has 116 valence electrons. The standard InChI is InChI=1S/C17H19NO4/c1-12-16(7-9-20-12)17(19)18-13-4-2-5-14(10-13)22-11-15-6-3-8-21-15/h2,4-5,7,9-10,15H,3,6,8,11H2,1H3,(H,18,19). The summed E-state index contributed by atoms with van der Waals surface area (Å²) < 4.78 is 16.4. The van der Waals surface area contributed by atoms with Gasteiger partial charge in [-0.25, -0.2) is 0 Å². The topological polar surface area (TPSA) is 60.7 Å². The maximum absolute atomic E-state index is 12.1. The smallest absolute Gasteiger partial charge is 0.259 e. The van der Waals surface area contributed by atoms with Crippen molar-refractivity contribution in [2.24, 2.45) is 0 Å². The minimum absolute atomic E-state index is 0.173. The number of amides is 1. The Morgan fingerprint density at radius 2 is 2.32 bits per heavy atom. The van der Waals surface area contributed by atoms with Crippen molar-refractivity contribution in [1.29, 1.82) is 0 Å². The van der Waals surface area contributed by atoms with E-state index in [1.807, 2.05) is 24.3 Å². The Kier molecular flexibility index (Phi) is 4.44. The first kappa shape index (κ1) is 14.7. The molecule has 0 saturated carbocycles. The van der Waals surface area contributed by atoms with E-state index in [1.54, 1.807) is 13.0 Å². The second kappa shape index (κ2) is 6.66. The molecule has 5 nitrogen and oxygen atoms in total. The molecule has 1 N–H and O–H groups in total. The van der Waals surface area contributed by atoms with Crippen LogP contribution in [-0.2, 0) is 4.74 Å². The molecule has 1 unspecified atom stereocenters. The third-order valence-electron chi connectivity index (χ3n) is 3.66. The molecule has 0 spiro atoms. The van der Waals surface area contributed by atoms with E-state index in [2.05, 4.69) is 5.32 Å². The Labute approximate surface area is 129 Å². The number of ether oxygens (including phenoxy) is 2. The molecule has 0 aliphatic carbocycles. The summed E-state index contributed by atoms with van der Waals surface area (Å²) in [6.45, 7) is 3.11. The first-order valence-corrected chi connectivity index (χ1v) is 7.42. The molecule has 2 aromatic rings. The van der Waals surface area contributed by atoms with Crippen molar-refractivity contribution in [3.05, 3.63) is 47.9 Å². The summed E-state index contributed by atoms with van der Waals surface area (Å²) in [5, 5.41) is 2.84. The van der Waals surface area contributed by atoms with Crippen LogP contribution in [0.2, 0.25) is 0 Å². The van der Waals surface area contributed by atoms with E-state index in [1.165, 1.54) is 6.26 Å². The molecule has 2 heterocycles. The second-order valence-electron chi connectivity index (χ2n) is 5.32. The number of hydrogen-bond acceptors (Lipinski definition) is 4. The van der Waals surface area contributed by atoms with Crippen molar-refractivity contribution in [2.45, 2.75) is 25.9 Å². The van der Waals surface area contributed by atoms with Crippen LogP contribution in [-0.4, -0.2) is 25.2 Å². The molecular weight excluding hydrogens is 282 g/mol. The minimum atomic E-state index is -0.192. The van der Waals surface area contributed by atoms with Crippen LogP contribution in [0.4, 0.5) is 5.69 Å². The van der Waals surface area contributed by atoms with E-state index in [4.69, 9.17) is 13.9 Å². The average Bonchev–Trinajstić information content (AvgIpc) is 3.16. The molecular formula is C17H19NO4. The number of aryl methyl sites for hydroxylation is 1. The quantitative estimate of drug-likeness (QED) is 0.919. The van der Waals surface area contributed by atoms with E-state index in [-0.39, 0.29) is 12.0 Å². The van der Waals surface area contributed by atoms with Crippen LogP contribution >= 0.6 is 0 Å². The largest absolute Gasteiger partial charge is 0.491 e. The predicted octanol–water partition coefficient (Wildman–Crippen LogP) is 3.40. The fourth-order valence-electron chi connectivity index (χ4n) is 2.45. The van der Waals surface area contributed by atoms with Gasteiger partial charge in [0.15, 0.2) is 0 Å². The van der Waals surface area contributed by atoms with E-state index in [0.717, 1.165) is 25.2 Å². The van der Waals surface area contributed by atoms with Gasteiger partial charge in [0.25, 0.3) is 5.91 Å². The van der Waals surface area contributed by atoms with Gasteiger partial charge in [-0.1, -0.05) is 6.07 Å². The maximum atomic E-state index is 12.1. The van der Waals surface area contributed by atoms with Gasteiger partial charge in [0.1, 0.15) is 18.1 Å². The molecule has 1 atom stereocenters. The normalized spacial score (nSPS) is 17.4. The molecule has 22 heavy (non-hydrogen) atoms. The number of hydrogen-bond donors (Lipinski definition) is 1. The van der Waals surface area contributed by atoms with Gasteiger partial charge in [0.2, 0.25) is 0 Å². The molecule has 1 aliphatic rings. The van der Waals surface area contributed by atoms with Crippen molar-refractivity contribution in [3.63, 3.8) is 0 Å². The Balaban J connectivity index is 1.61. The first-order valence-electron chi connectivity index (χ1n) is 7.42. The van der Waals surface area contributed by atoms with Gasteiger partial charge in [-0.2, -0.15) is 0 Å². The molecule has 1 saturated heterocycles. The van der Waals surface area contributed by atoms with Gasteiger partial charge < -0.3 is 19.2 Å². The minimum Gasteiger partial charge on any atom is -0.491 e. The molecule has 1 aromatic heterocycles. The lowest BCUT2D eigenvalue weighted by atomic mass is 10.2. The number of anilines is 1. The third kappa shape index (κ3) is 3.49. The highest BCUT2D eigenvalue weighted by Crippen LogP contribution is 2.20. The second-order valence-corrected chi connectivity index (χ2v) is 5.32. The highest BCUT2D eigenvalue weighted by Gasteiger charge is 2.16. The van der Waals surface area contributed by atoms with Crippen molar-refractivity contribution in [2.75, 3.05) is 18.5 Å². The molecule has 1 aromatic carbocycles. The van der Waals surface area contributed by atoms with E-state index < -0.39 is 0 Å². The van der Waals surface area contributed by atoms with Gasteiger partial charge >= 0.3 is 0 Å². The number of carbonyl (C=O) groups excluding carboxylic acids is 1. The first-order chi connectivity index (χ1) is 10.7. The van der Waals surface area contributed by atoms with Crippen LogP contribution < -0.4 is 10.1 Å². The Morgan fingerprint density at radius 3 is 3.05 bits per heavy atom. The van der Waals surface area contributed by atoms with Crippen LogP contribution in [0.5, 0.6) is 5.75 Å². The number of furan rings is 1. The van der Waals surface area contributed by atoms with Crippen molar-refractivity contribution >= 4 is 11.6 Å². The fraction of sp³-hybridized carbons (Fsp3) is 0.353. The van der Waals surface area contributed by atoms with E-state index >= 15 is 0 Å². The Bertz CT molecular complexity index is 644. The van der Waals surface area contributed by atoms with Crippen molar-refractivity contribution in [1.82, 2.24) is 0 Å². The van der Waals surface area contributed by atoms with Crippen molar-refractivity contribution in [3.8, 4) is 5.75 Å². The fourth-order valence-corrected chi connectivity index (χ4v) is 2.45. The SMILES string of the molecule is Cc1occc1C(=O)Nc1cccc(OCC2CCCO2)c1. The molecule has 3 rings (SSSR count). The summed E-state index contributed by atoms with van der Waals surface area (Å²) in [5.41, 5.74) is 1.22. The molecule has 0 radical (unpaired) electrons. The van der Waals surface area contributed by atoms with Gasteiger partial charge in [-0.3, -0.25) is 4.79 Å². The molecule has 1 aliphatic heterocycles. The summed E-state index contributed by atoms with van der Waals surface area (Å²) >= 11 is 0. The summed E-state index contributed by atoms with van der Waals surface area (Å²) in [4.78, 5) is 12.1. The van der Waals surface area contributed by atoms with E-state index in [0.29, 0.717) is 23.6 Å². The number of benzene rings is 1. The van der Waals surface area contributed by atoms with E-state index in [9.17, 15) is 4.79 Å². The van der Waals surface area contributed by atoms with Gasteiger partial charge in [0, 0.05) is 18.4 Å². The van der Waals surface area contributed by atoms with Crippen LogP contribution in [0.25, 0.3) is 0 Å². The summed E-state index contributed by atoms with van der Waals surface area (Å²) in [6.07, 6.45) is 3.81. The Hall–Kier alpha value is -2.27. The average molecular weight is 301 g/mol. The lowest BCUT2D eigenvalue weighted by Gasteiger charge is -2.12. The number of rotatable bonds is 5.